The number of phenols is 1. The van der Waals surface area contributed by atoms with E-state index in [1.165, 1.54) is 10.4 Å². The topological polar surface area (TPSA) is 77.9 Å². The summed E-state index contributed by atoms with van der Waals surface area (Å²) in [6.07, 6.45) is 0. The van der Waals surface area contributed by atoms with Crippen LogP contribution in [0.25, 0.3) is 0 Å². The second-order valence-corrected chi connectivity index (χ2v) is 7.97. The first-order valence-corrected chi connectivity index (χ1v) is 9.48. The molecule has 25 heavy (non-hydrogen) atoms. The number of hydrogen-bond acceptors (Lipinski definition) is 4. The molecule has 2 aromatic rings. The second kappa shape index (κ2) is 6.85. The molecule has 1 aliphatic heterocycles. The highest BCUT2D eigenvalue weighted by Gasteiger charge is 2.30. The lowest BCUT2D eigenvalue weighted by Gasteiger charge is -2.34. The number of hydrogen-bond donors (Lipinski definition) is 1. The molecule has 1 aliphatic rings. The van der Waals surface area contributed by atoms with Gasteiger partial charge < -0.3 is 10.0 Å². The fourth-order valence-corrected chi connectivity index (χ4v) is 4.31. The predicted octanol–water partition coefficient (Wildman–Crippen LogP) is 1.85. The van der Waals surface area contributed by atoms with Crippen molar-refractivity contribution in [2.45, 2.75) is 11.8 Å². The van der Waals surface area contributed by atoms with E-state index in [9.17, 15) is 18.3 Å². The van der Waals surface area contributed by atoms with Crippen LogP contribution < -0.4 is 0 Å². The van der Waals surface area contributed by atoms with Gasteiger partial charge in [-0.2, -0.15) is 4.31 Å². The van der Waals surface area contributed by atoms with Gasteiger partial charge in [0.2, 0.25) is 10.0 Å². The fourth-order valence-electron chi connectivity index (χ4n) is 2.86. The lowest BCUT2D eigenvalue weighted by atomic mass is 10.1. The molecular formula is C18H20N2O4S. The van der Waals surface area contributed by atoms with Crippen LogP contribution in [0, 0.1) is 6.92 Å². The Kier molecular flexibility index (Phi) is 4.78. The van der Waals surface area contributed by atoms with Crippen LogP contribution in [-0.4, -0.2) is 54.8 Å². The molecule has 1 fully saturated rings. The molecule has 0 saturated carbocycles. The standard InChI is InChI=1S/C18H20N2O4S/c1-14-7-8-17(21)16(13-14)18(22)19-9-11-20(12-10-19)25(23,24)15-5-3-2-4-6-15/h2-8,13,21H,9-12H2,1H3. The van der Waals surface area contributed by atoms with E-state index in [0.717, 1.165) is 5.56 Å². The minimum absolute atomic E-state index is 0.0602. The van der Waals surface area contributed by atoms with E-state index in [2.05, 4.69) is 0 Å². The number of amides is 1. The third-order valence-corrected chi connectivity index (χ3v) is 6.20. The smallest absolute Gasteiger partial charge is 0.257 e. The van der Waals surface area contributed by atoms with Crippen LogP contribution in [0.15, 0.2) is 53.4 Å². The van der Waals surface area contributed by atoms with E-state index in [0.29, 0.717) is 0 Å². The zero-order chi connectivity index (χ0) is 18.0. The molecule has 7 heteroatoms. The van der Waals surface area contributed by atoms with Crippen LogP contribution in [0.4, 0.5) is 0 Å². The Hall–Kier alpha value is -2.38. The van der Waals surface area contributed by atoms with Gasteiger partial charge in [0, 0.05) is 26.2 Å². The van der Waals surface area contributed by atoms with Gasteiger partial charge in [0.1, 0.15) is 5.75 Å². The van der Waals surface area contributed by atoms with Crippen LogP contribution in [0.1, 0.15) is 15.9 Å². The molecular weight excluding hydrogens is 340 g/mol. The van der Waals surface area contributed by atoms with Crippen molar-refractivity contribution >= 4 is 15.9 Å². The number of aryl methyl sites for hydroxylation is 1. The summed E-state index contributed by atoms with van der Waals surface area (Å²) in [5, 5.41) is 9.91. The monoisotopic (exact) mass is 360 g/mol. The average Bonchev–Trinajstić information content (AvgIpc) is 2.64. The number of rotatable bonds is 3. The molecule has 0 unspecified atom stereocenters. The highest BCUT2D eigenvalue weighted by Crippen LogP contribution is 2.22. The van der Waals surface area contributed by atoms with E-state index in [1.807, 2.05) is 6.92 Å². The number of sulfonamides is 1. The van der Waals surface area contributed by atoms with E-state index < -0.39 is 10.0 Å². The largest absolute Gasteiger partial charge is 0.507 e. The number of carbonyl (C=O) groups excluding carboxylic acids is 1. The number of aromatic hydroxyl groups is 1. The third kappa shape index (κ3) is 3.52. The predicted molar refractivity (Wildman–Crippen MR) is 93.9 cm³/mol. The summed E-state index contributed by atoms with van der Waals surface area (Å²) in [7, 11) is -3.54. The Labute approximate surface area is 147 Å². The van der Waals surface area contributed by atoms with Crippen LogP contribution >= 0.6 is 0 Å². The summed E-state index contributed by atoms with van der Waals surface area (Å²) in [6, 6.07) is 13.2. The van der Waals surface area contributed by atoms with Crippen molar-refractivity contribution in [3.8, 4) is 5.75 Å². The molecule has 0 aliphatic carbocycles. The highest BCUT2D eigenvalue weighted by atomic mass is 32.2. The van der Waals surface area contributed by atoms with E-state index in [4.69, 9.17) is 0 Å². The minimum Gasteiger partial charge on any atom is -0.507 e. The first kappa shape index (κ1) is 17.4. The molecule has 0 bridgehead atoms. The summed E-state index contributed by atoms with van der Waals surface area (Å²) in [5.41, 5.74) is 1.13. The van der Waals surface area contributed by atoms with Crippen LogP contribution in [0.2, 0.25) is 0 Å². The number of piperazine rings is 1. The fraction of sp³-hybridized carbons (Fsp3) is 0.278. The third-order valence-electron chi connectivity index (χ3n) is 4.29. The molecule has 1 saturated heterocycles. The first-order chi connectivity index (χ1) is 11.9. The summed E-state index contributed by atoms with van der Waals surface area (Å²) in [4.78, 5) is 14.4. The zero-order valence-corrected chi connectivity index (χ0v) is 14.7. The summed E-state index contributed by atoms with van der Waals surface area (Å²) < 4.78 is 26.6. The molecule has 1 N–H and O–H groups in total. The Morgan fingerprint density at radius 1 is 1.00 bits per heavy atom. The van der Waals surface area contributed by atoms with Crippen LogP contribution in [0.3, 0.4) is 0 Å². The van der Waals surface area contributed by atoms with Gasteiger partial charge in [-0.15, -0.1) is 0 Å². The Morgan fingerprint density at radius 2 is 1.64 bits per heavy atom. The molecule has 6 nitrogen and oxygen atoms in total. The maximum atomic E-state index is 12.6. The molecule has 132 valence electrons. The van der Waals surface area contributed by atoms with Gasteiger partial charge in [0.25, 0.3) is 5.91 Å². The lowest BCUT2D eigenvalue weighted by Crippen LogP contribution is -2.50. The Morgan fingerprint density at radius 3 is 2.28 bits per heavy atom. The van der Waals surface area contributed by atoms with Crippen molar-refractivity contribution in [3.63, 3.8) is 0 Å². The minimum atomic E-state index is -3.54. The summed E-state index contributed by atoms with van der Waals surface area (Å²) in [5.74, 6) is -0.340. The van der Waals surface area contributed by atoms with Crippen molar-refractivity contribution in [2.75, 3.05) is 26.2 Å². The van der Waals surface area contributed by atoms with Gasteiger partial charge in [-0.1, -0.05) is 29.8 Å². The SMILES string of the molecule is Cc1ccc(O)c(C(=O)N2CCN(S(=O)(=O)c3ccccc3)CC2)c1. The molecule has 0 spiro atoms. The molecule has 0 radical (unpaired) electrons. The first-order valence-electron chi connectivity index (χ1n) is 8.03. The number of phenolic OH excluding ortho intramolecular Hbond substituents is 1. The second-order valence-electron chi connectivity index (χ2n) is 6.03. The zero-order valence-electron chi connectivity index (χ0n) is 13.9. The van der Waals surface area contributed by atoms with Crippen molar-refractivity contribution in [3.05, 3.63) is 59.7 Å². The molecule has 3 rings (SSSR count). The Balaban J connectivity index is 1.72. The van der Waals surface area contributed by atoms with Gasteiger partial charge in [0.15, 0.2) is 0 Å². The molecule has 1 amide bonds. The van der Waals surface area contributed by atoms with Gasteiger partial charge in [0.05, 0.1) is 10.5 Å². The highest BCUT2D eigenvalue weighted by molar-refractivity contribution is 7.89. The van der Waals surface area contributed by atoms with Crippen molar-refractivity contribution in [1.82, 2.24) is 9.21 Å². The van der Waals surface area contributed by atoms with Gasteiger partial charge in [-0.25, -0.2) is 8.42 Å². The van der Waals surface area contributed by atoms with E-state index in [1.54, 1.807) is 47.4 Å². The molecule has 0 aromatic heterocycles. The maximum Gasteiger partial charge on any atom is 0.257 e. The molecule has 0 atom stereocenters. The maximum absolute atomic E-state index is 12.6. The van der Waals surface area contributed by atoms with E-state index >= 15 is 0 Å². The van der Waals surface area contributed by atoms with Gasteiger partial charge >= 0.3 is 0 Å². The summed E-state index contributed by atoms with van der Waals surface area (Å²) >= 11 is 0. The average molecular weight is 360 g/mol. The van der Waals surface area contributed by atoms with Crippen molar-refractivity contribution < 1.29 is 18.3 Å². The lowest BCUT2D eigenvalue weighted by molar-refractivity contribution is 0.0694. The summed E-state index contributed by atoms with van der Waals surface area (Å²) in [6.45, 7) is 2.89. The van der Waals surface area contributed by atoms with Crippen molar-refractivity contribution in [2.24, 2.45) is 0 Å². The normalized spacial score (nSPS) is 16.0. The number of nitrogens with zero attached hydrogens (tertiary/aromatic N) is 2. The van der Waals surface area contributed by atoms with Gasteiger partial charge in [-0.05, 0) is 31.2 Å². The molecule has 1 heterocycles. The van der Waals surface area contributed by atoms with Gasteiger partial charge in [-0.3, -0.25) is 4.79 Å². The van der Waals surface area contributed by atoms with Crippen LogP contribution in [0.5, 0.6) is 5.75 Å². The molecule has 2 aromatic carbocycles. The quantitative estimate of drug-likeness (QED) is 0.906. The van der Waals surface area contributed by atoms with E-state index in [-0.39, 0.29) is 48.3 Å². The Bertz CT molecular complexity index is 873. The number of benzene rings is 2. The van der Waals surface area contributed by atoms with Crippen LogP contribution in [-0.2, 0) is 10.0 Å². The van der Waals surface area contributed by atoms with Crippen molar-refractivity contribution in [1.29, 1.82) is 0 Å². The number of carbonyl (C=O) groups is 1.